The summed E-state index contributed by atoms with van der Waals surface area (Å²) in [5.74, 6) is 0.0867. The number of carbonyl (C=O) groups excluding carboxylic acids is 1. The average Bonchev–Trinajstić information content (AvgIpc) is 3.07. The molecule has 0 bridgehead atoms. The molecular weight excluding hydrogens is 426 g/mol. The summed E-state index contributed by atoms with van der Waals surface area (Å²) in [6, 6.07) is 18.3. The number of amides is 1. The lowest BCUT2D eigenvalue weighted by Gasteiger charge is -2.12. The number of methoxy groups -OCH3 is 1. The Hall–Kier alpha value is -3.78. The summed E-state index contributed by atoms with van der Waals surface area (Å²) in [7, 11) is -2.42. The van der Waals surface area contributed by atoms with Crippen molar-refractivity contribution in [3.63, 3.8) is 0 Å². The SMILES string of the molecule is COc1ccccc1NS(=O)(=O)c1cccc(NC(=O)c2ccc3[nH]c(C)c(C)c3c2)c1. The van der Waals surface area contributed by atoms with Gasteiger partial charge in [-0.25, -0.2) is 8.42 Å². The molecule has 0 aliphatic heterocycles. The molecule has 164 valence electrons. The van der Waals surface area contributed by atoms with E-state index in [4.69, 9.17) is 4.74 Å². The molecule has 3 aromatic carbocycles. The Kier molecular flexibility index (Phi) is 5.63. The van der Waals surface area contributed by atoms with Gasteiger partial charge in [0.1, 0.15) is 5.75 Å². The van der Waals surface area contributed by atoms with Crippen LogP contribution in [0.1, 0.15) is 21.6 Å². The number of benzene rings is 3. The van der Waals surface area contributed by atoms with E-state index in [0.29, 0.717) is 22.7 Å². The molecule has 0 radical (unpaired) electrons. The second-order valence-corrected chi connectivity index (χ2v) is 9.11. The number of ether oxygens (including phenoxy) is 1. The topological polar surface area (TPSA) is 100 Å². The van der Waals surface area contributed by atoms with Crippen LogP contribution in [0.25, 0.3) is 10.9 Å². The maximum Gasteiger partial charge on any atom is 0.262 e. The molecule has 7 nitrogen and oxygen atoms in total. The van der Waals surface area contributed by atoms with Crippen LogP contribution in [0.5, 0.6) is 5.75 Å². The maximum absolute atomic E-state index is 12.9. The molecule has 0 aliphatic carbocycles. The largest absolute Gasteiger partial charge is 0.495 e. The number of anilines is 2. The van der Waals surface area contributed by atoms with Crippen LogP contribution in [0.15, 0.2) is 71.6 Å². The number of aryl methyl sites for hydroxylation is 2. The van der Waals surface area contributed by atoms with Crippen molar-refractivity contribution in [2.45, 2.75) is 18.7 Å². The van der Waals surface area contributed by atoms with E-state index < -0.39 is 10.0 Å². The van der Waals surface area contributed by atoms with Crippen molar-refractivity contribution in [3.05, 3.63) is 83.6 Å². The molecule has 1 heterocycles. The molecule has 1 amide bonds. The number of H-pyrrole nitrogens is 1. The third-order valence-electron chi connectivity index (χ3n) is 5.32. The van der Waals surface area contributed by atoms with Gasteiger partial charge >= 0.3 is 0 Å². The molecule has 1 aromatic heterocycles. The number of fused-ring (bicyclic) bond motifs is 1. The number of rotatable bonds is 6. The van der Waals surface area contributed by atoms with Gasteiger partial charge in [-0.1, -0.05) is 18.2 Å². The molecule has 4 aromatic rings. The van der Waals surface area contributed by atoms with E-state index in [2.05, 4.69) is 15.0 Å². The van der Waals surface area contributed by atoms with Crippen molar-refractivity contribution >= 4 is 38.2 Å². The van der Waals surface area contributed by atoms with E-state index in [-0.39, 0.29) is 10.8 Å². The molecule has 4 rings (SSSR count). The van der Waals surface area contributed by atoms with Crippen LogP contribution in [0.2, 0.25) is 0 Å². The molecule has 0 saturated heterocycles. The Bertz CT molecular complexity index is 1420. The molecule has 0 saturated carbocycles. The molecule has 0 atom stereocenters. The second kappa shape index (κ2) is 8.39. The van der Waals surface area contributed by atoms with Gasteiger partial charge in [0.25, 0.3) is 15.9 Å². The minimum absolute atomic E-state index is 0.0220. The Balaban J connectivity index is 1.57. The third kappa shape index (κ3) is 4.17. The summed E-state index contributed by atoms with van der Waals surface area (Å²) in [4.78, 5) is 16.1. The molecule has 0 spiro atoms. The van der Waals surface area contributed by atoms with E-state index in [1.807, 2.05) is 26.0 Å². The van der Waals surface area contributed by atoms with Gasteiger partial charge in [-0.2, -0.15) is 0 Å². The number of hydrogen-bond acceptors (Lipinski definition) is 4. The first-order chi connectivity index (χ1) is 15.3. The highest BCUT2D eigenvalue weighted by molar-refractivity contribution is 7.92. The van der Waals surface area contributed by atoms with Gasteiger partial charge in [-0.15, -0.1) is 0 Å². The summed E-state index contributed by atoms with van der Waals surface area (Å²) in [5.41, 5.74) is 4.30. The fourth-order valence-corrected chi connectivity index (χ4v) is 4.60. The van der Waals surface area contributed by atoms with E-state index in [1.165, 1.54) is 19.2 Å². The van der Waals surface area contributed by atoms with Crippen molar-refractivity contribution in [3.8, 4) is 5.75 Å². The lowest BCUT2D eigenvalue weighted by molar-refractivity contribution is 0.102. The van der Waals surface area contributed by atoms with Crippen LogP contribution in [-0.2, 0) is 10.0 Å². The first kappa shape index (κ1) is 21.5. The number of aromatic nitrogens is 1. The standard InChI is InChI=1S/C24H23N3O4S/c1-15-16(2)25-21-12-11-17(13-20(15)21)24(28)26-18-7-6-8-19(14-18)32(29,30)27-22-9-4-5-10-23(22)31-3/h4-14,25,27H,1-3H3,(H,26,28). The zero-order chi connectivity index (χ0) is 22.9. The minimum Gasteiger partial charge on any atom is -0.495 e. The summed E-state index contributed by atoms with van der Waals surface area (Å²) in [5, 5.41) is 3.76. The molecule has 32 heavy (non-hydrogen) atoms. The highest BCUT2D eigenvalue weighted by Crippen LogP contribution is 2.27. The molecule has 0 unspecified atom stereocenters. The molecule has 3 N–H and O–H groups in total. The zero-order valence-corrected chi connectivity index (χ0v) is 18.7. The molecule has 0 aliphatic rings. The van der Waals surface area contributed by atoms with Crippen molar-refractivity contribution < 1.29 is 17.9 Å². The predicted molar refractivity (Wildman–Crippen MR) is 126 cm³/mol. The fraction of sp³-hybridized carbons (Fsp3) is 0.125. The van der Waals surface area contributed by atoms with Crippen molar-refractivity contribution in [1.82, 2.24) is 4.98 Å². The first-order valence-electron chi connectivity index (χ1n) is 9.94. The van der Waals surface area contributed by atoms with Crippen LogP contribution in [0.3, 0.4) is 0 Å². The van der Waals surface area contributed by atoms with Crippen LogP contribution in [0.4, 0.5) is 11.4 Å². The van der Waals surface area contributed by atoms with Gasteiger partial charge in [-0.05, 0) is 67.9 Å². The fourth-order valence-electron chi connectivity index (χ4n) is 3.48. The zero-order valence-electron chi connectivity index (χ0n) is 17.9. The van der Waals surface area contributed by atoms with Crippen LogP contribution < -0.4 is 14.8 Å². The van der Waals surface area contributed by atoms with Crippen LogP contribution in [-0.4, -0.2) is 26.4 Å². The van der Waals surface area contributed by atoms with Crippen molar-refractivity contribution in [2.75, 3.05) is 17.1 Å². The summed E-state index contributed by atoms with van der Waals surface area (Å²) in [6.07, 6.45) is 0. The predicted octanol–water partition coefficient (Wildman–Crippen LogP) is 4.85. The number of carbonyl (C=O) groups is 1. The Morgan fingerprint density at radius 3 is 2.53 bits per heavy atom. The second-order valence-electron chi connectivity index (χ2n) is 7.42. The first-order valence-corrected chi connectivity index (χ1v) is 11.4. The Morgan fingerprint density at radius 2 is 1.75 bits per heavy atom. The van der Waals surface area contributed by atoms with Crippen LogP contribution >= 0.6 is 0 Å². The lowest BCUT2D eigenvalue weighted by atomic mass is 10.1. The van der Waals surface area contributed by atoms with Gasteiger partial charge in [0.15, 0.2) is 0 Å². The summed E-state index contributed by atoms with van der Waals surface area (Å²) >= 11 is 0. The van der Waals surface area contributed by atoms with Gasteiger partial charge < -0.3 is 15.0 Å². The van der Waals surface area contributed by atoms with E-state index in [0.717, 1.165) is 22.2 Å². The number of para-hydroxylation sites is 2. The monoisotopic (exact) mass is 449 g/mol. The highest BCUT2D eigenvalue weighted by atomic mass is 32.2. The Morgan fingerprint density at radius 1 is 0.969 bits per heavy atom. The molecular formula is C24H23N3O4S. The van der Waals surface area contributed by atoms with Gasteiger partial charge in [0.05, 0.1) is 17.7 Å². The van der Waals surface area contributed by atoms with E-state index in [9.17, 15) is 13.2 Å². The lowest BCUT2D eigenvalue weighted by Crippen LogP contribution is -2.15. The summed E-state index contributed by atoms with van der Waals surface area (Å²) in [6.45, 7) is 3.99. The third-order valence-corrected chi connectivity index (χ3v) is 6.69. The van der Waals surface area contributed by atoms with E-state index >= 15 is 0 Å². The molecule has 8 heteroatoms. The van der Waals surface area contributed by atoms with Crippen molar-refractivity contribution in [2.24, 2.45) is 0 Å². The smallest absolute Gasteiger partial charge is 0.262 e. The van der Waals surface area contributed by atoms with Crippen LogP contribution in [0, 0.1) is 13.8 Å². The average molecular weight is 450 g/mol. The normalized spacial score (nSPS) is 11.3. The van der Waals surface area contributed by atoms with Gasteiger partial charge in [0.2, 0.25) is 0 Å². The van der Waals surface area contributed by atoms with Crippen molar-refractivity contribution in [1.29, 1.82) is 0 Å². The number of hydrogen-bond donors (Lipinski definition) is 3. The summed E-state index contributed by atoms with van der Waals surface area (Å²) < 4.78 is 33.5. The number of nitrogens with one attached hydrogen (secondary N) is 3. The maximum atomic E-state index is 12.9. The number of aromatic amines is 1. The molecule has 0 fully saturated rings. The highest BCUT2D eigenvalue weighted by Gasteiger charge is 2.18. The Labute approximate surface area is 186 Å². The van der Waals surface area contributed by atoms with Gasteiger partial charge in [-0.3, -0.25) is 9.52 Å². The quantitative estimate of drug-likeness (QED) is 0.392. The van der Waals surface area contributed by atoms with Gasteiger partial charge in [0, 0.05) is 27.8 Å². The number of sulfonamides is 1. The van der Waals surface area contributed by atoms with E-state index in [1.54, 1.807) is 42.5 Å². The minimum atomic E-state index is -3.89.